The van der Waals surface area contributed by atoms with E-state index in [1.54, 1.807) is 0 Å². The molecule has 4 N–H and O–H groups in total. The summed E-state index contributed by atoms with van der Waals surface area (Å²) in [6.45, 7) is 0.677. The van der Waals surface area contributed by atoms with E-state index in [9.17, 15) is 0 Å². The van der Waals surface area contributed by atoms with Crippen LogP contribution in [-0.4, -0.2) is 11.0 Å². The maximum Gasteiger partial charge on any atom is 0.170 e. The smallest absolute Gasteiger partial charge is 0.170 e. The first-order valence-electron chi connectivity index (χ1n) is 5.75. The summed E-state index contributed by atoms with van der Waals surface area (Å²) in [5.74, 6) is 0.106. The summed E-state index contributed by atoms with van der Waals surface area (Å²) in [5, 5.41) is 15.5. The Morgan fingerprint density at radius 3 is 2.58 bits per heavy atom. The Morgan fingerprint density at radius 2 is 1.95 bits per heavy atom. The lowest BCUT2D eigenvalue weighted by atomic mass is 10.1. The van der Waals surface area contributed by atoms with Crippen LogP contribution in [0.15, 0.2) is 53.7 Å². The van der Waals surface area contributed by atoms with E-state index in [0.717, 1.165) is 11.3 Å². The lowest BCUT2D eigenvalue weighted by Crippen LogP contribution is -2.12. The molecule has 0 aliphatic heterocycles. The van der Waals surface area contributed by atoms with Crippen molar-refractivity contribution in [1.29, 1.82) is 0 Å². The summed E-state index contributed by atoms with van der Waals surface area (Å²) >= 11 is 5.91. The number of halogens is 1. The highest BCUT2D eigenvalue weighted by Gasteiger charge is 1.99. The van der Waals surface area contributed by atoms with Crippen LogP contribution in [0.5, 0.6) is 0 Å². The number of nitrogens with zero attached hydrogens (tertiary/aromatic N) is 1. The van der Waals surface area contributed by atoms with Gasteiger partial charge >= 0.3 is 0 Å². The van der Waals surface area contributed by atoms with Crippen molar-refractivity contribution in [3.05, 3.63) is 64.7 Å². The number of amidine groups is 1. The highest BCUT2D eigenvalue weighted by atomic mass is 35.5. The van der Waals surface area contributed by atoms with Gasteiger partial charge in [0, 0.05) is 22.8 Å². The van der Waals surface area contributed by atoms with Crippen molar-refractivity contribution in [1.82, 2.24) is 0 Å². The minimum atomic E-state index is 0.106. The van der Waals surface area contributed by atoms with E-state index in [-0.39, 0.29) is 5.84 Å². The summed E-state index contributed by atoms with van der Waals surface area (Å²) in [5.41, 5.74) is 8.24. The standard InChI is InChI=1S/C14H14ClN3O/c15-12-2-1-3-13(8-12)17-9-10-4-6-11(7-5-10)14(16)18-19/h1-8,17,19H,9H2,(H2,16,18). The van der Waals surface area contributed by atoms with Crippen molar-refractivity contribution in [2.45, 2.75) is 6.54 Å². The first-order valence-corrected chi connectivity index (χ1v) is 6.13. The second kappa shape index (κ2) is 6.11. The van der Waals surface area contributed by atoms with Crippen molar-refractivity contribution in [2.75, 3.05) is 5.32 Å². The topological polar surface area (TPSA) is 70.6 Å². The fourth-order valence-electron chi connectivity index (χ4n) is 1.65. The van der Waals surface area contributed by atoms with Crippen LogP contribution in [0.25, 0.3) is 0 Å². The zero-order valence-corrected chi connectivity index (χ0v) is 10.9. The molecule has 0 aliphatic carbocycles. The van der Waals surface area contributed by atoms with Gasteiger partial charge in [0.25, 0.3) is 0 Å². The average Bonchev–Trinajstić information content (AvgIpc) is 2.45. The van der Waals surface area contributed by atoms with Gasteiger partial charge in [-0.1, -0.05) is 47.1 Å². The normalized spacial score (nSPS) is 11.3. The summed E-state index contributed by atoms with van der Waals surface area (Å²) in [7, 11) is 0. The van der Waals surface area contributed by atoms with Gasteiger partial charge in [0.15, 0.2) is 5.84 Å². The summed E-state index contributed by atoms with van der Waals surface area (Å²) < 4.78 is 0. The quantitative estimate of drug-likeness (QED) is 0.348. The van der Waals surface area contributed by atoms with Crippen molar-refractivity contribution >= 4 is 23.1 Å². The Balaban J connectivity index is 2.00. The molecule has 0 heterocycles. The van der Waals surface area contributed by atoms with Gasteiger partial charge < -0.3 is 16.3 Å². The zero-order valence-electron chi connectivity index (χ0n) is 10.2. The molecule has 0 radical (unpaired) electrons. The van der Waals surface area contributed by atoms with Crippen molar-refractivity contribution in [3.63, 3.8) is 0 Å². The van der Waals surface area contributed by atoms with Crippen LogP contribution in [0.4, 0.5) is 5.69 Å². The highest BCUT2D eigenvalue weighted by molar-refractivity contribution is 6.30. The Bertz CT molecular complexity index is 581. The molecule has 0 unspecified atom stereocenters. The van der Waals surface area contributed by atoms with Crippen LogP contribution in [0.2, 0.25) is 5.02 Å². The molecule has 0 aromatic heterocycles. The van der Waals surface area contributed by atoms with Crippen molar-refractivity contribution in [2.24, 2.45) is 10.9 Å². The number of hydrogen-bond donors (Lipinski definition) is 3. The maximum absolute atomic E-state index is 8.57. The third-order valence-electron chi connectivity index (χ3n) is 2.68. The van der Waals surface area contributed by atoms with E-state index in [4.69, 9.17) is 22.5 Å². The molecular formula is C14H14ClN3O. The number of nitrogens with one attached hydrogen (secondary N) is 1. The van der Waals surface area contributed by atoms with Gasteiger partial charge in [-0.15, -0.1) is 0 Å². The van der Waals surface area contributed by atoms with Gasteiger partial charge in [-0.3, -0.25) is 0 Å². The Hall–Kier alpha value is -2.20. The first-order chi connectivity index (χ1) is 9.19. The predicted octanol–water partition coefficient (Wildman–Crippen LogP) is 3.05. The van der Waals surface area contributed by atoms with Crippen LogP contribution in [0.1, 0.15) is 11.1 Å². The molecule has 2 rings (SSSR count). The molecule has 98 valence electrons. The molecule has 2 aromatic carbocycles. The summed E-state index contributed by atoms with van der Waals surface area (Å²) in [6.07, 6.45) is 0. The number of anilines is 1. The second-order valence-electron chi connectivity index (χ2n) is 4.05. The fraction of sp³-hybridized carbons (Fsp3) is 0.0714. The molecular weight excluding hydrogens is 262 g/mol. The Labute approximate surface area is 116 Å². The highest BCUT2D eigenvalue weighted by Crippen LogP contribution is 2.16. The van der Waals surface area contributed by atoms with Crippen LogP contribution in [0.3, 0.4) is 0 Å². The van der Waals surface area contributed by atoms with Crippen molar-refractivity contribution < 1.29 is 5.21 Å². The van der Waals surface area contributed by atoms with Crippen molar-refractivity contribution in [3.8, 4) is 0 Å². The molecule has 0 atom stereocenters. The lowest BCUT2D eigenvalue weighted by molar-refractivity contribution is 0.318. The van der Waals surface area contributed by atoms with E-state index in [1.165, 1.54) is 0 Å². The molecule has 0 fully saturated rings. The van der Waals surface area contributed by atoms with E-state index >= 15 is 0 Å². The fourth-order valence-corrected chi connectivity index (χ4v) is 1.84. The molecule has 0 saturated heterocycles. The third kappa shape index (κ3) is 3.63. The van der Waals surface area contributed by atoms with Gasteiger partial charge in [0.05, 0.1) is 0 Å². The summed E-state index contributed by atoms with van der Waals surface area (Å²) in [6, 6.07) is 15.0. The average molecular weight is 276 g/mol. The number of nitrogens with two attached hydrogens (primary N) is 1. The number of oxime groups is 1. The van der Waals surface area contributed by atoms with E-state index in [0.29, 0.717) is 17.1 Å². The maximum atomic E-state index is 8.57. The Kier molecular flexibility index (Phi) is 4.26. The number of benzene rings is 2. The molecule has 0 amide bonds. The Morgan fingerprint density at radius 1 is 1.21 bits per heavy atom. The predicted molar refractivity (Wildman–Crippen MR) is 77.7 cm³/mol. The molecule has 19 heavy (non-hydrogen) atoms. The van der Waals surface area contributed by atoms with Crippen LogP contribution in [-0.2, 0) is 6.54 Å². The van der Waals surface area contributed by atoms with Crippen LogP contribution < -0.4 is 11.1 Å². The van der Waals surface area contributed by atoms with Gasteiger partial charge in [0.2, 0.25) is 0 Å². The SMILES string of the molecule is NC(=NO)c1ccc(CNc2cccc(Cl)c2)cc1. The monoisotopic (exact) mass is 275 g/mol. The molecule has 5 heteroatoms. The van der Waals surface area contributed by atoms with Gasteiger partial charge in [-0.05, 0) is 23.8 Å². The van der Waals surface area contributed by atoms with E-state index in [1.807, 2.05) is 48.5 Å². The number of hydrogen-bond acceptors (Lipinski definition) is 3. The van der Waals surface area contributed by atoms with Crippen LogP contribution in [0, 0.1) is 0 Å². The molecule has 0 aliphatic rings. The minimum Gasteiger partial charge on any atom is -0.409 e. The lowest BCUT2D eigenvalue weighted by Gasteiger charge is -2.07. The van der Waals surface area contributed by atoms with Gasteiger partial charge in [-0.2, -0.15) is 0 Å². The van der Waals surface area contributed by atoms with E-state index < -0.39 is 0 Å². The van der Waals surface area contributed by atoms with E-state index in [2.05, 4.69) is 10.5 Å². The minimum absolute atomic E-state index is 0.106. The zero-order chi connectivity index (χ0) is 13.7. The second-order valence-corrected chi connectivity index (χ2v) is 4.48. The molecule has 0 spiro atoms. The number of rotatable bonds is 4. The first kappa shape index (κ1) is 13.2. The largest absolute Gasteiger partial charge is 0.409 e. The molecule has 0 saturated carbocycles. The van der Waals surface area contributed by atoms with Gasteiger partial charge in [-0.25, -0.2) is 0 Å². The summed E-state index contributed by atoms with van der Waals surface area (Å²) in [4.78, 5) is 0. The molecule has 0 bridgehead atoms. The van der Waals surface area contributed by atoms with Crippen LogP contribution >= 0.6 is 11.6 Å². The third-order valence-corrected chi connectivity index (χ3v) is 2.91. The molecule has 2 aromatic rings. The molecule has 4 nitrogen and oxygen atoms in total. The van der Waals surface area contributed by atoms with Gasteiger partial charge in [0.1, 0.15) is 0 Å².